The van der Waals surface area contributed by atoms with Crippen LogP contribution in [0, 0.1) is 6.92 Å². The quantitative estimate of drug-likeness (QED) is 0.761. The van der Waals surface area contributed by atoms with E-state index >= 15 is 0 Å². The lowest BCUT2D eigenvalue weighted by atomic mass is 10.3. The average molecular weight is 265 g/mol. The number of furan rings is 1. The summed E-state index contributed by atoms with van der Waals surface area (Å²) in [7, 11) is 0. The SMILES string of the molecule is CCN1CCN(CCCNCc2ccc(C)o2)CC1. The number of aryl methyl sites for hydroxylation is 1. The van der Waals surface area contributed by atoms with Gasteiger partial charge in [-0.15, -0.1) is 0 Å². The number of hydrogen-bond acceptors (Lipinski definition) is 4. The zero-order valence-electron chi connectivity index (χ0n) is 12.3. The van der Waals surface area contributed by atoms with Crippen LogP contribution < -0.4 is 5.32 Å². The van der Waals surface area contributed by atoms with Crippen LogP contribution in [0.15, 0.2) is 16.5 Å². The average Bonchev–Trinajstić information content (AvgIpc) is 2.85. The molecule has 2 rings (SSSR count). The normalized spacial score (nSPS) is 18.0. The lowest BCUT2D eigenvalue weighted by molar-refractivity contribution is 0.136. The van der Waals surface area contributed by atoms with Crippen molar-refractivity contribution >= 4 is 0 Å². The van der Waals surface area contributed by atoms with E-state index in [9.17, 15) is 0 Å². The van der Waals surface area contributed by atoms with Gasteiger partial charge in [0.2, 0.25) is 0 Å². The molecule has 0 amide bonds. The molecule has 108 valence electrons. The van der Waals surface area contributed by atoms with Gasteiger partial charge in [0, 0.05) is 26.2 Å². The first-order valence-electron chi connectivity index (χ1n) is 7.48. The highest BCUT2D eigenvalue weighted by Crippen LogP contribution is 2.05. The van der Waals surface area contributed by atoms with Crippen LogP contribution in [0.4, 0.5) is 0 Å². The van der Waals surface area contributed by atoms with Crippen molar-refractivity contribution in [3.8, 4) is 0 Å². The topological polar surface area (TPSA) is 31.6 Å². The number of piperazine rings is 1. The van der Waals surface area contributed by atoms with Gasteiger partial charge in [-0.3, -0.25) is 0 Å². The minimum Gasteiger partial charge on any atom is -0.465 e. The summed E-state index contributed by atoms with van der Waals surface area (Å²) in [5, 5.41) is 3.44. The summed E-state index contributed by atoms with van der Waals surface area (Å²) >= 11 is 0. The Balaban J connectivity index is 1.50. The Morgan fingerprint density at radius 2 is 1.89 bits per heavy atom. The molecule has 1 N–H and O–H groups in total. The van der Waals surface area contributed by atoms with Gasteiger partial charge in [0.05, 0.1) is 6.54 Å². The minimum absolute atomic E-state index is 0.845. The monoisotopic (exact) mass is 265 g/mol. The maximum Gasteiger partial charge on any atom is 0.117 e. The van der Waals surface area contributed by atoms with Crippen molar-refractivity contribution in [1.29, 1.82) is 0 Å². The summed E-state index contributed by atoms with van der Waals surface area (Å²) in [5.41, 5.74) is 0. The van der Waals surface area contributed by atoms with E-state index in [2.05, 4.69) is 22.0 Å². The Bertz CT molecular complexity index is 356. The molecule has 1 aliphatic rings. The van der Waals surface area contributed by atoms with Crippen LogP contribution in [0.2, 0.25) is 0 Å². The molecule has 0 saturated carbocycles. The lowest BCUT2D eigenvalue weighted by Crippen LogP contribution is -2.46. The molecule has 1 aliphatic heterocycles. The molecule has 4 nitrogen and oxygen atoms in total. The van der Waals surface area contributed by atoms with E-state index in [4.69, 9.17) is 4.42 Å². The van der Waals surface area contributed by atoms with Crippen LogP contribution in [0.1, 0.15) is 24.9 Å². The van der Waals surface area contributed by atoms with Crippen molar-refractivity contribution < 1.29 is 4.42 Å². The van der Waals surface area contributed by atoms with E-state index in [0.717, 1.165) is 24.6 Å². The third-order valence-electron chi connectivity index (χ3n) is 3.84. The number of nitrogens with zero attached hydrogens (tertiary/aromatic N) is 2. The Morgan fingerprint density at radius 1 is 1.16 bits per heavy atom. The highest BCUT2D eigenvalue weighted by Gasteiger charge is 2.14. The maximum atomic E-state index is 5.53. The Kier molecular flexibility index (Phi) is 5.89. The first kappa shape index (κ1) is 14.6. The maximum absolute atomic E-state index is 5.53. The third-order valence-corrected chi connectivity index (χ3v) is 3.84. The van der Waals surface area contributed by atoms with Crippen LogP contribution in [0.5, 0.6) is 0 Å². The van der Waals surface area contributed by atoms with Gasteiger partial charge in [0.15, 0.2) is 0 Å². The minimum atomic E-state index is 0.845. The summed E-state index contributed by atoms with van der Waals surface area (Å²) in [6, 6.07) is 4.07. The van der Waals surface area contributed by atoms with Crippen molar-refractivity contribution in [2.24, 2.45) is 0 Å². The molecule has 4 heteroatoms. The molecule has 19 heavy (non-hydrogen) atoms. The van der Waals surface area contributed by atoms with E-state index < -0.39 is 0 Å². The largest absolute Gasteiger partial charge is 0.465 e. The predicted molar refractivity (Wildman–Crippen MR) is 78.3 cm³/mol. The molecule has 0 atom stereocenters. The summed E-state index contributed by atoms with van der Waals surface area (Å²) in [5.74, 6) is 2.03. The number of hydrogen-bond donors (Lipinski definition) is 1. The highest BCUT2D eigenvalue weighted by molar-refractivity contribution is 5.04. The molecule has 0 radical (unpaired) electrons. The molecule has 0 spiro atoms. The van der Waals surface area contributed by atoms with Crippen molar-refractivity contribution in [2.45, 2.75) is 26.8 Å². The van der Waals surface area contributed by atoms with Crippen LogP contribution in [-0.2, 0) is 6.54 Å². The second kappa shape index (κ2) is 7.68. The third kappa shape index (κ3) is 4.97. The van der Waals surface area contributed by atoms with E-state index in [-0.39, 0.29) is 0 Å². The van der Waals surface area contributed by atoms with Crippen LogP contribution in [0.25, 0.3) is 0 Å². The summed E-state index contributed by atoms with van der Waals surface area (Å²) in [4.78, 5) is 5.10. The fourth-order valence-electron chi connectivity index (χ4n) is 2.55. The molecule has 0 unspecified atom stereocenters. The lowest BCUT2D eigenvalue weighted by Gasteiger charge is -2.33. The molecular weight excluding hydrogens is 238 g/mol. The Morgan fingerprint density at radius 3 is 2.53 bits per heavy atom. The molecule has 1 aromatic heterocycles. The van der Waals surface area contributed by atoms with Crippen molar-refractivity contribution in [3.05, 3.63) is 23.7 Å². The van der Waals surface area contributed by atoms with Crippen molar-refractivity contribution in [1.82, 2.24) is 15.1 Å². The molecule has 1 aromatic rings. The predicted octanol–water partition coefficient (Wildman–Crippen LogP) is 1.71. The molecular formula is C15H27N3O. The summed E-state index contributed by atoms with van der Waals surface area (Å²) < 4.78 is 5.53. The highest BCUT2D eigenvalue weighted by atomic mass is 16.3. The Labute approximate surface area is 116 Å². The fourth-order valence-corrected chi connectivity index (χ4v) is 2.55. The van der Waals surface area contributed by atoms with Crippen LogP contribution >= 0.6 is 0 Å². The van der Waals surface area contributed by atoms with Crippen molar-refractivity contribution in [3.63, 3.8) is 0 Å². The van der Waals surface area contributed by atoms with Gasteiger partial charge < -0.3 is 19.5 Å². The second-order valence-corrected chi connectivity index (χ2v) is 5.32. The smallest absolute Gasteiger partial charge is 0.117 e. The van der Waals surface area contributed by atoms with Crippen LogP contribution in [-0.4, -0.2) is 55.6 Å². The molecule has 1 fully saturated rings. The second-order valence-electron chi connectivity index (χ2n) is 5.32. The molecule has 0 bridgehead atoms. The summed E-state index contributed by atoms with van der Waals surface area (Å²) in [6.45, 7) is 13.5. The number of likely N-dealkylation sites (N-methyl/N-ethyl adjacent to an activating group) is 1. The number of rotatable bonds is 7. The van der Waals surface area contributed by atoms with Gasteiger partial charge in [-0.25, -0.2) is 0 Å². The van der Waals surface area contributed by atoms with E-state index in [1.807, 2.05) is 19.1 Å². The standard InChI is InChI=1S/C15H27N3O/c1-3-17-9-11-18(12-10-17)8-4-7-16-13-15-6-5-14(2)19-15/h5-6,16H,3-4,7-13H2,1-2H3. The van der Waals surface area contributed by atoms with Gasteiger partial charge in [-0.2, -0.15) is 0 Å². The van der Waals surface area contributed by atoms with Crippen LogP contribution in [0.3, 0.4) is 0 Å². The molecule has 0 aliphatic carbocycles. The zero-order valence-corrected chi connectivity index (χ0v) is 12.3. The number of nitrogens with one attached hydrogen (secondary N) is 1. The molecule has 2 heterocycles. The summed E-state index contributed by atoms with van der Waals surface area (Å²) in [6.07, 6.45) is 1.21. The van der Waals surface area contributed by atoms with Gasteiger partial charge in [-0.1, -0.05) is 6.92 Å². The first-order chi connectivity index (χ1) is 9.28. The van der Waals surface area contributed by atoms with E-state index in [0.29, 0.717) is 0 Å². The van der Waals surface area contributed by atoms with Gasteiger partial charge in [0.25, 0.3) is 0 Å². The molecule has 1 saturated heterocycles. The van der Waals surface area contributed by atoms with E-state index in [1.165, 1.54) is 45.7 Å². The van der Waals surface area contributed by atoms with Gasteiger partial charge in [-0.05, 0) is 45.1 Å². The first-order valence-corrected chi connectivity index (χ1v) is 7.48. The van der Waals surface area contributed by atoms with Gasteiger partial charge >= 0.3 is 0 Å². The van der Waals surface area contributed by atoms with E-state index in [1.54, 1.807) is 0 Å². The zero-order chi connectivity index (χ0) is 13.5. The van der Waals surface area contributed by atoms with Gasteiger partial charge in [0.1, 0.15) is 11.5 Å². The fraction of sp³-hybridized carbons (Fsp3) is 0.733. The van der Waals surface area contributed by atoms with Crippen molar-refractivity contribution in [2.75, 3.05) is 45.8 Å². The molecule has 0 aromatic carbocycles. The Hall–Kier alpha value is -0.840.